The maximum Gasteiger partial charge on any atom is 0.269 e. The third kappa shape index (κ3) is 4.79. The molecule has 0 amide bonds. The molecule has 0 unspecified atom stereocenters. The predicted octanol–water partition coefficient (Wildman–Crippen LogP) is 7.49. The fraction of sp³-hybridized carbons (Fsp3) is 0.0400. The van der Waals surface area contributed by atoms with E-state index in [2.05, 4.69) is 15.1 Å². The van der Waals surface area contributed by atoms with E-state index in [4.69, 9.17) is 4.74 Å². The number of azo groups is 1. The summed E-state index contributed by atoms with van der Waals surface area (Å²) >= 11 is 0. The van der Waals surface area contributed by atoms with Crippen molar-refractivity contribution in [2.75, 3.05) is 12.0 Å². The summed E-state index contributed by atoms with van der Waals surface area (Å²) in [5.41, 5.74) is 4.18. The van der Waals surface area contributed by atoms with E-state index in [1.807, 2.05) is 78.9 Å². The van der Waals surface area contributed by atoms with Gasteiger partial charge in [-0.25, -0.2) is 0 Å². The number of hydrogen-bond acceptors (Lipinski definition) is 6. The molecule has 0 saturated heterocycles. The maximum atomic E-state index is 10.8. The first kappa shape index (κ1) is 20.7. The van der Waals surface area contributed by atoms with Crippen molar-refractivity contribution in [1.82, 2.24) is 0 Å². The van der Waals surface area contributed by atoms with Gasteiger partial charge >= 0.3 is 0 Å². The normalized spacial score (nSPS) is 10.8. The van der Waals surface area contributed by atoms with Gasteiger partial charge in [-0.3, -0.25) is 10.1 Å². The SMILES string of the molecule is COc1cccc(N(c2ccccc2)c2ccc(N=Nc3ccc([N+](=O)[O-])cc3)cc2)c1. The lowest BCUT2D eigenvalue weighted by atomic mass is 10.2. The van der Waals surface area contributed by atoms with E-state index in [-0.39, 0.29) is 5.69 Å². The Balaban J connectivity index is 1.61. The highest BCUT2D eigenvalue weighted by Gasteiger charge is 2.13. The Morgan fingerprint density at radius 3 is 1.88 bits per heavy atom. The number of para-hydroxylation sites is 1. The Morgan fingerprint density at radius 1 is 0.719 bits per heavy atom. The zero-order valence-electron chi connectivity index (χ0n) is 17.3. The molecule has 32 heavy (non-hydrogen) atoms. The van der Waals surface area contributed by atoms with E-state index in [1.165, 1.54) is 12.1 Å². The van der Waals surface area contributed by atoms with Crippen LogP contribution in [0, 0.1) is 10.1 Å². The van der Waals surface area contributed by atoms with E-state index in [9.17, 15) is 10.1 Å². The number of nitro groups is 1. The molecule has 0 aromatic heterocycles. The number of nitrogens with zero attached hydrogens (tertiary/aromatic N) is 4. The topological polar surface area (TPSA) is 80.3 Å². The van der Waals surface area contributed by atoms with Gasteiger partial charge in [0.25, 0.3) is 5.69 Å². The van der Waals surface area contributed by atoms with Gasteiger partial charge in [0.1, 0.15) is 5.75 Å². The number of methoxy groups -OCH3 is 1. The fourth-order valence-electron chi connectivity index (χ4n) is 3.20. The van der Waals surface area contributed by atoms with Crippen LogP contribution in [-0.4, -0.2) is 12.0 Å². The summed E-state index contributed by atoms with van der Waals surface area (Å²) < 4.78 is 5.40. The highest BCUT2D eigenvalue weighted by Crippen LogP contribution is 2.36. The Bertz CT molecular complexity index is 1220. The zero-order valence-corrected chi connectivity index (χ0v) is 17.3. The molecular weight excluding hydrogens is 404 g/mol. The summed E-state index contributed by atoms with van der Waals surface area (Å²) in [7, 11) is 1.65. The predicted molar refractivity (Wildman–Crippen MR) is 125 cm³/mol. The molecule has 4 aromatic rings. The van der Waals surface area contributed by atoms with Gasteiger partial charge in [-0.1, -0.05) is 24.3 Å². The third-order valence-electron chi connectivity index (χ3n) is 4.78. The molecule has 0 heterocycles. The van der Waals surface area contributed by atoms with E-state index in [1.54, 1.807) is 19.2 Å². The van der Waals surface area contributed by atoms with Crippen LogP contribution in [0.15, 0.2) is 113 Å². The van der Waals surface area contributed by atoms with Crippen molar-refractivity contribution in [1.29, 1.82) is 0 Å². The summed E-state index contributed by atoms with van der Waals surface area (Å²) in [4.78, 5) is 12.4. The van der Waals surface area contributed by atoms with Crippen LogP contribution in [0.3, 0.4) is 0 Å². The second kappa shape index (κ2) is 9.53. The summed E-state index contributed by atoms with van der Waals surface area (Å²) in [6.45, 7) is 0. The van der Waals surface area contributed by atoms with Crippen molar-refractivity contribution < 1.29 is 9.66 Å². The number of rotatable bonds is 7. The molecule has 0 radical (unpaired) electrons. The average molecular weight is 424 g/mol. The minimum Gasteiger partial charge on any atom is -0.497 e. The van der Waals surface area contributed by atoms with Crippen molar-refractivity contribution in [3.8, 4) is 5.75 Å². The van der Waals surface area contributed by atoms with Crippen molar-refractivity contribution >= 4 is 34.1 Å². The standard InChI is InChI=1S/C25H20N4O3/c1-32-25-9-5-8-24(18-25)28(21-6-3-2-4-7-21)22-14-10-19(11-15-22)26-27-20-12-16-23(17-13-20)29(30)31/h2-18H,1H3. The van der Waals surface area contributed by atoms with Crippen molar-refractivity contribution in [3.63, 3.8) is 0 Å². The number of non-ortho nitro benzene ring substituents is 1. The van der Waals surface area contributed by atoms with Crippen LogP contribution in [0.1, 0.15) is 0 Å². The molecule has 7 heteroatoms. The molecule has 0 aliphatic carbocycles. The highest BCUT2D eigenvalue weighted by molar-refractivity contribution is 5.77. The van der Waals surface area contributed by atoms with Crippen LogP contribution in [0.5, 0.6) is 5.75 Å². The Kier molecular flexibility index (Phi) is 6.17. The third-order valence-corrected chi connectivity index (χ3v) is 4.78. The minimum atomic E-state index is -0.444. The summed E-state index contributed by atoms with van der Waals surface area (Å²) in [6.07, 6.45) is 0. The maximum absolute atomic E-state index is 10.8. The fourth-order valence-corrected chi connectivity index (χ4v) is 3.20. The van der Waals surface area contributed by atoms with Crippen LogP contribution >= 0.6 is 0 Å². The van der Waals surface area contributed by atoms with Gasteiger partial charge in [0.15, 0.2) is 0 Å². The Hall–Kier alpha value is -4.52. The van der Waals surface area contributed by atoms with Gasteiger partial charge in [-0.05, 0) is 60.7 Å². The van der Waals surface area contributed by atoms with Gasteiger partial charge in [0.2, 0.25) is 0 Å². The highest BCUT2D eigenvalue weighted by atomic mass is 16.6. The van der Waals surface area contributed by atoms with E-state index < -0.39 is 4.92 Å². The van der Waals surface area contributed by atoms with Gasteiger partial charge < -0.3 is 9.64 Å². The van der Waals surface area contributed by atoms with Crippen LogP contribution in [0.25, 0.3) is 0 Å². The largest absolute Gasteiger partial charge is 0.497 e. The average Bonchev–Trinajstić information content (AvgIpc) is 2.85. The quantitative estimate of drug-likeness (QED) is 0.175. The van der Waals surface area contributed by atoms with Gasteiger partial charge in [0.05, 0.1) is 23.4 Å². The number of ether oxygens (including phenoxy) is 1. The smallest absolute Gasteiger partial charge is 0.269 e. The summed E-state index contributed by atoms with van der Waals surface area (Å²) in [5.74, 6) is 0.775. The van der Waals surface area contributed by atoms with Crippen molar-refractivity contribution in [3.05, 3.63) is 113 Å². The number of benzene rings is 4. The molecular formula is C25H20N4O3. The number of hydrogen-bond donors (Lipinski definition) is 0. The first-order valence-electron chi connectivity index (χ1n) is 9.89. The second-order valence-corrected chi connectivity index (χ2v) is 6.86. The molecule has 0 aliphatic heterocycles. The van der Waals surface area contributed by atoms with Gasteiger partial charge in [-0.2, -0.15) is 10.2 Å². The first-order chi connectivity index (χ1) is 15.6. The molecule has 0 spiro atoms. The Labute approximate surface area is 185 Å². The minimum absolute atomic E-state index is 0.0202. The van der Waals surface area contributed by atoms with Crippen molar-refractivity contribution in [2.45, 2.75) is 0 Å². The van der Waals surface area contributed by atoms with Crippen LogP contribution in [-0.2, 0) is 0 Å². The Morgan fingerprint density at radius 2 is 1.28 bits per heavy atom. The van der Waals surface area contributed by atoms with E-state index in [0.717, 1.165) is 22.8 Å². The van der Waals surface area contributed by atoms with Gasteiger partial charge in [0, 0.05) is 35.3 Å². The van der Waals surface area contributed by atoms with Crippen molar-refractivity contribution in [2.24, 2.45) is 10.2 Å². The zero-order chi connectivity index (χ0) is 22.3. The number of nitro benzene ring substituents is 1. The molecule has 0 N–H and O–H groups in total. The van der Waals surface area contributed by atoms with Crippen LogP contribution in [0.2, 0.25) is 0 Å². The molecule has 0 aliphatic rings. The summed E-state index contributed by atoms with van der Waals surface area (Å²) in [5, 5.41) is 19.2. The molecule has 7 nitrogen and oxygen atoms in total. The molecule has 4 rings (SSSR count). The molecule has 0 fully saturated rings. The molecule has 0 atom stereocenters. The molecule has 0 saturated carbocycles. The van der Waals surface area contributed by atoms with Gasteiger partial charge in [-0.15, -0.1) is 0 Å². The second-order valence-electron chi connectivity index (χ2n) is 6.86. The molecule has 4 aromatic carbocycles. The van der Waals surface area contributed by atoms with Crippen LogP contribution in [0.4, 0.5) is 34.1 Å². The summed E-state index contributed by atoms with van der Waals surface area (Å²) in [6, 6.07) is 31.6. The lowest BCUT2D eigenvalue weighted by Gasteiger charge is -2.25. The van der Waals surface area contributed by atoms with Crippen LogP contribution < -0.4 is 9.64 Å². The monoisotopic (exact) mass is 424 g/mol. The van der Waals surface area contributed by atoms with E-state index >= 15 is 0 Å². The molecule has 0 bridgehead atoms. The lowest BCUT2D eigenvalue weighted by Crippen LogP contribution is -2.09. The van der Waals surface area contributed by atoms with E-state index in [0.29, 0.717) is 11.4 Å². The molecule has 158 valence electrons. The number of anilines is 3. The lowest BCUT2D eigenvalue weighted by molar-refractivity contribution is -0.384. The first-order valence-corrected chi connectivity index (χ1v) is 9.89.